The molecule has 0 unspecified atom stereocenters. The maximum Gasteiger partial charge on any atom is 0.293 e. The van der Waals surface area contributed by atoms with Crippen LogP contribution in [0.4, 0.5) is 5.69 Å². The third-order valence-electron chi connectivity index (χ3n) is 3.26. The summed E-state index contributed by atoms with van der Waals surface area (Å²) in [5.74, 6) is 0.417. The number of para-hydroxylation sites is 2. The second-order valence-electron chi connectivity index (χ2n) is 4.78. The second-order valence-corrected chi connectivity index (χ2v) is 4.78. The lowest BCUT2D eigenvalue weighted by atomic mass is 10.1. The van der Waals surface area contributed by atoms with Gasteiger partial charge in [-0.3, -0.25) is 4.79 Å². The van der Waals surface area contributed by atoms with E-state index in [1.54, 1.807) is 12.1 Å². The minimum absolute atomic E-state index is 0.169. The van der Waals surface area contributed by atoms with Crippen LogP contribution in [0.2, 0.25) is 0 Å². The highest BCUT2D eigenvalue weighted by Crippen LogP contribution is 2.26. The zero-order chi connectivity index (χ0) is 16.1. The number of nitrogens with one attached hydrogen (secondary N) is 1. The second kappa shape index (κ2) is 6.79. The molecule has 1 heterocycles. The molecule has 0 aliphatic heterocycles. The topological polar surface area (TPSA) is 64.4 Å². The predicted octanol–water partition coefficient (Wildman–Crippen LogP) is 3.99. The van der Waals surface area contributed by atoms with Crippen LogP contribution in [0.1, 0.15) is 17.5 Å². The van der Waals surface area contributed by atoms with Crippen molar-refractivity contribution < 1.29 is 13.9 Å². The monoisotopic (exact) mass is 308 g/mol. The lowest BCUT2D eigenvalue weighted by Crippen LogP contribution is -2.13. The van der Waals surface area contributed by atoms with E-state index in [9.17, 15) is 4.79 Å². The van der Waals surface area contributed by atoms with E-state index in [0.29, 0.717) is 23.7 Å². The number of nitrogens with zero attached hydrogens (tertiary/aromatic N) is 1. The first-order chi connectivity index (χ1) is 11.3. The summed E-state index contributed by atoms with van der Waals surface area (Å²) in [4.78, 5) is 16.7. The van der Waals surface area contributed by atoms with Gasteiger partial charge in [0.05, 0.1) is 12.3 Å². The summed E-state index contributed by atoms with van der Waals surface area (Å²) < 4.78 is 10.8. The molecule has 116 valence electrons. The Morgan fingerprint density at radius 3 is 2.65 bits per heavy atom. The minimum atomic E-state index is -0.367. The normalized spacial score (nSPS) is 10.3. The fraction of sp³-hybridized carbons (Fsp3) is 0.111. The van der Waals surface area contributed by atoms with E-state index < -0.39 is 0 Å². The molecule has 2 aromatic carbocycles. The van der Waals surface area contributed by atoms with Gasteiger partial charge in [0.15, 0.2) is 6.39 Å². The number of benzene rings is 2. The molecule has 5 heteroatoms. The predicted molar refractivity (Wildman–Crippen MR) is 87.5 cm³/mol. The molecule has 3 aromatic rings. The van der Waals surface area contributed by atoms with Gasteiger partial charge in [0.2, 0.25) is 5.76 Å². The molecule has 5 nitrogen and oxygen atoms in total. The van der Waals surface area contributed by atoms with Crippen molar-refractivity contribution >= 4 is 11.6 Å². The Balaban J connectivity index is 1.87. The van der Waals surface area contributed by atoms with Crippen LogP contribution in [0.25, 0.3) is 11.3 Å². The summed E-state index contributed by atoms with van der Waals surface area (Å²) in [6.07, 6.45) is 1.27. The molecule has 1 N–H and O–H groups in total. The SMILES string of the molecule is CCOc1ccccc1NC(=O)c1ocnc1-c1ccccc1. The summed E-state index contributed by atoms with van der Waals surface area (Å²) in [5, 5.41) is 2.81. The van der Waals surface area contributed by atoms with Crippen molar-refractivity contribution in [3.05, 3.63) is 66.8 Å². The smallest absolute Gasteiger partial charge is 0.293 e. The molecule has 0 bridgehead atoms. The zero-order valence-electron chi connectivity index (χ0n) is 12.7. The molecular weight excluding hydrogens is 292 g/mol. The van der Waals surface area contributed by atoms with Gasteiger partial charge in [0.25, 0.3) is 5.91 Å². The van der Waals surface area contributed by atoms with Crippen LogP contribution < -0.4 is 10.1 Å². The number of carbonyl (C=O) groups excluding carboxylic acids is 1. The fourth-order valence-electron chi connectivity index (χ4n) is 2.24. The first-order valence-corrected chi connectivity index (χ1v) is 7.31. The van der Waals surface area contributed by atoms with Crippen LogP contribution >= 0.6 is 0 Å². The molecule has 0 spiro atoms. The highest BCUT2D eigenvalue weighted by molar-refractivity contribution is 6.06. The highest BCUT2D eigenvalue weighted by atomic mass is 16.5. The van der Waals surface area contributed by atoms with Crippen molar-refractivity contribution in [2.45, 2.75) is 6.92 Å². The lowest BCUT2D eigenvalue weighted by Gasteiger charge is -2.10. The average molecular weight is 308 g/mol. The van der Waals surface area contributed by atoms with E-state index in [1.807, 2.05) is 49.4 Å². The Morgan fingerprint density at radius 1 is 1.13 bits per heavy atom. The van der Waals surface area contributed by atoms with Gasteiger partial charge in [-0.2, -0.15) is 0 Å². The number of amides is 1. The van der Waals surface area contributed by atoms with E-state index in [1.165, 1.54) is 6.39 Å². The number of carbonyl (C=O) groups is 1. The van der Waals surface area contributed by atoms with Gasteiger partial charge >= 0.3 is 0 Å². The van der Waals surface area contributed by atoms with Crippen molar-refractivity contribution in [2.24, 2.45) is 0 Å². The van der Waals surface area contributed by atoms with Crippen LogP contribution in [0.15, 0.2) is 65.4 Å². The summed E-state index contributed by atoms with van der Waals surface area (Å²) >= 11 is 0. The van der Waals surface area contributed by atoms with Crippen molar-refractivity contribution in [3.8, 4) is 17.0 Å². The Morgan fingerprint density at radius 2 is 1.87 bits per heavy atom. The molecule has 0 saturated heterocycles. The summed E-state index contributed by atoms with van der Waals surface area (Å²) in [6, 6.07) is 16.7. The van der Waals surface area contributed by atoms with E-state index in [-0.39, 0.29) is 11.7 Å². The first kappa shape index (κ1) is 14.8. The van der Waals surface area contributed by atoms with Crippen LogP contribution in [0.3, 0.4) is 0 Å². The van der Waals surface area contributed by atoms with Crippen LogP contribution in [-0.4, -0.2) is 17.5 Å². The standard InChI is InChI=1S/C18H16N2O3/c1-2-22-15-11-7-6-10-14(15)20-18(21)17-16(19-12-23-17)13-8-4-3-5-9-13/h3-12H,2H2,1H3,(H,20,21). The number of rotatable bonds is 5. The van der Waals surface area contributed by atoms with Crippen molar-refractivity contribution in [1.29, 1.82) is 0 Å². The van der Waals surface area contributed by atoms with Crippen LogP contribution in [0, 0.1) is 0 Å². The van der Waals surface area contributed by atoms with Crippen LogP contribution in [-0.2, 0) is 0 Å². The third kappa shape index (κ3) is 3.23. The van der Waals surface area contributed by atoms with Crippen LogP contribution in [0.5, 0.6) is 5.75 Å². The molecular formula is C18H16N2O3. The van der Waals surface area contributed by atoms with E-state index in [4.69, 9.17) is 9.15 Å². The third-order valence-corrected chi connectivity index (χ3v) is 3.26. The molecule has 0 radical (unpaired) electrons. The molecule has 0 aliphatic rings. The Bertz CT molecular complexity index is 797. The number of oxazole rings is 1. The van der Waals surface area contributed by atoms with Crippen molar-refractivity contribution in [1.82, 2.24) is 4.98 Å². The minimum Gasteiger partial charge on any atom is -0.492 e. The summed E-state index contributed by atoms with van der Waals surface area (Å²) in [5.41, 5.74) is 1.93. The maximum atomic E-state index is 12.5. The number of aromatic nitrogens is 1. The molecule has 23 heavy (non-hydrogen) atoms. The number of anilines is 1. The quantitative estimate of drug-likeness (QED) is 0.774. The van der Waals surface area contributed by atoms with Gasteiger partial charge < -0.3 is 14.5 Å². The van der Waals surface area contributed by atoms with Gasteiger partial charge in [-0.15, -0.1) is 0 Å². The molecule has 1 amide bonds. The Hall–Kier alpha value is -3.08. The maximum absolute atomic E-state index is 12.5. The molecule has 0 fully saturated rings. The zero-order valence-corrected chi connectivity index (χ0v) is 12.7. The van der Waals surface area contributed by atoms with Gasteiger partial charge in [-0.25, -0.2) is 4.98 Å². The number of ether oxygens (including phenoxy) is 1. The van der Waals surface area contributed by atoms with Gasteiger partial charge in [-0.1, -0.05) is 42.5 Å². The van der Waals surface area contributed by atoms with Gasteiger partial charge in [-0.05, 0) is 19.1 Å². The average Bonchev–Trinajstić information content (AvgIpc) is 3.07. The van der Waals surface area contributed by atoms with E-state index in [0.717, 1.165) is 5.56 Å². The van der Waals surface area contributed by atoms with Crippen molar-refractivity contribution in [2.75, 3.05) is 11.9 Å². The number of hydrogen-bond acceptors (Lipinski definition) is 4. The van der Waals surface area contributed by atoms with Gasteiger partial charge in [0, 0.05) is 5.56 Å². The molecule has 1 aromatic heterocycles. The Kier molecular flexibility index (Phi) is 4.38. The molecule has 3 rings (SSSR count). The van der Waals surface area contributed by atoms with Crippen molar-refractivity contribution in [3.63, 3.8) is 0 Å². The van der Waals surface area contributed by atoms with E-state index >= 15 is 0 Å². The number of hydrogen-bond donors (Lipinski definition) is 1. The highest BCUT2D eigenvalue weighted by Gasteiger charge is 2.19. The fourth-order valence-corrected chi connectivity index (χ4v) is 2.24. The molecule has 0 saturated carbocycles. The van der Waals surface area contributed by atoms with E-state index in [2.05, 4.69) is 10.3 Å². The van der Waals surface area contributed by atoms with Gasteiger partial charge in [0.1, 0.15) is 11.4 Å². The summed E-state index contributed by atoms with van der Waals surface area (Å²) in [6.45, 7) is 2.41. The molecule has 0 aliphatic carbocycles. The molecule has 0 atom stereocenters. The largest absolute Gasteiger partial charge is 0.492 e. The first-order valence-electron chi connectivity index (χ1n) is 7.31. The lowest BCUT2D eigenvalue weighted by molar-refractivity contribution is 0.0997. The Labute approximate surface area is 133 Å². The summed E-state index contributed by atoms with van der Waals surface area (Å²) in [7, 11) is 0.